The van der Waals surface area contributed by atoms with Crippen LogP contribution in [0.15, 0.2) is 48.5 Å². The molecule has 2 aromatic rings. The Hall–Kier alpha value is -2.76. The fourth-order valence-corrected chi connectivity index (χ4v) is 5.01. The summed E-state index contributed by atoms with van der Waals surface area (Å²) in [5, 5.41) is 2.74. The van der Waals surface area contributed by atoms with Gasteiger partial charge in [-0.25, -0.2) is 9.18 Å². The second-order valence-electron chi connectivity index (χ2n) is 11.1. The number of hydrogen-bond donors (Lipinski definition) is 1. The zero-order chi connectivity index (χ0) is 35.9. The van der Waals surface area contributed by atoms with Crippen LogP contribution in [0.1, 0.15) is 17.0 Å². The summed E-state index contributed by atoms with van der Waals surface area (Å²) in [5.74, 6) is 0.0349. The normalized spacial score (nSPS) is 12.3. The van der Waals surface area contributed by atoms with Gasteiger partial charge in [0.2, 0.25) is 0 Å². The average Bonchev–Trinajstić information content (AvgIpc) is 3.48. The maximum Gasteiger partial charge on any atom is 0.407 e. The van der Waals surface area contributed by atoms with Crippen LogP contribution in [0.25, 0.3) is 11.1 Å². The Labute approximate surface area is 301 Å². The van der Waals surface area contributed by atoms with Crippen molar-refractivity contribution in [1.29, 1.82) is 0 Å². The van der Waals surface area contributed by atoms with Crippen LogP contribution in [-0.2, 0) is 52.1 Å². The van der Waals surface area contributed by atoms with Crippen LogP contribution in [0.3, 0.4) is 0 Å². The Morgan fingerprint density at radius 2 is 0.784 bits per heavy atom. The first-order valence-electron chi connectivity index (χ1n) is 17.7. The van der Waals surface area contributed by atoms with Crippen LogP contribution in [0.4, 0.5) is 9.18 Å². The minimum absolute atomic E-state index is 0.0349. The largest absolute Gasteiger partial charge is 0.449 e. The molecular formula is C37H56FNO12. The van der Waals surface area contributed by atoms with Crippen molar-refractivity contribution in [3.63, 3.8) is 0 Å². The van der Waals surface area contributed by atoms with E-state index in [0.29, 0.717) is 132 Å². The van der Waals surface area contributed by atoms with E-state index in [4.69, 9.17) is 52.1 Å². The summed E-state index contributed by atoms with van der Waals surface area (Å²) in [4.78, 5) is 12.2. The zero-order valence-electron chi connectivity index (χ0n) is 29.7. The Balaban J connectivity index is 0.965. The number of nitrogens with one attached hydrogen (secondary N) is 1. The van der Waals surface area contributed by atoms with Gasteiger partial charge in [-0.1, -0.05) is 48.5 Å². The lowest BCUT2D eigenvalue weighted by Gasteiger charge is -2.14. The third-order valence-corrected chi connectivity index (χ3v) is 7.43. The molecule has 0 saturated carbocycles. The molecule has 2 aromatic carbocycles. The molecule has 1 N–H and O–H groups in total. The van der Waals surface area contributed by atoms with Gasteiger partial charge in [0.1, 0.15) is 13.3 Å². The summed E-state index contributed by atoms with van der Waals surface area (Å²) in [7, 11) is 0. The number of hydrogen-bond acceptors (Lipinski definition) is 12. The van der Waals surface area contributed by atoms with E-state index >= 15 is 0 Å². The molecule has 14 heteroatoms. The molecule has 13 nitrogen and oxygen atoms in total. The lowest BCUT2D eigenvalue weighted by molar-refractivity contribution is -0.0265. The van der Waals surface area contributed by atoms with Gasteiger partial charge in [-0.05, 0) is 22.3 Å². The molecule has 1 aliphatic rings. The van der Waals surface area contributed by atoms with Crippen LogP contribution in [-0.4, -0.2) is 158 Å². The predicted molar refractivity (Wildman–Crippen MR) is 187 cm³/mol. The van der Waals surface area contributed by atoms with Gasteiger partial charge in [-0.3, -0.25) is 0 Å². The second-order valence-corrected chi connectivity index (χ2v) is 11.1. The van der Waals surface area contributed by atoms with Crippen LogP contribution < -0.4 is 5.32 Å². The number of ether oxygens (including phenoxy) is 11. The number of carbonyl (C=O) groups excluding carboxylic acids is 1. The van der Waals surface area contributed by atoms with Crippen molar-refractivity contribution in [3.05, 3.63) is 59.7 Å². The van der Waals surface area contributed by atoms with E-state index in [1.54, 1.807) is 0 Å². The van der Waals surface area contributed by atoms with E-state index < -0.39 is 12.8 Å². The summed E-state index contributed by atoms with van der Waals surface area (Å²) in [6, 6.07) is 16.5. The minimum Gasteiger partial charge on any atom is -0.449 e. The number of amides is 1. The Kier molecular flexibility index (Phi) is 24.9. The monoisotopic (exact) mass is 725 g/mol. The topological polar surface area (TPSA) is 131 Å². The number of alkyl carbamates (subject to hydrolysis) is 1. The summed E-state index contributed by atoms with van der Waals surface area (Å²) in [6.45, 7) is 8.98. The SMILES string of the molecule is O=C(NCCOCCOCCOCCOCCOCCOCCOCCOCCOCCOCCF)OCC1c2ccccc2-c2ccccc21. The molecule has 51 heavy (non-hydrogen) atoms. The van der Waals surface area contributed by atoms with Gasteiger partial charge in [0.05, 0.1) is 132 Å². The van der Waals surface area contributed by atoms with Crippen LogP contribution in [0.2, 0.25) is 0 Å². The molecule has 0 spiro atoms. The lowest BCUT2D eigenvalue weighted by atomic mass is 9.98. The van der Waals surface area contributed by atoms with Gasteiger partial charge in [-0.15, -0.1) is 0 Å². The van der Waals surface area contributed by atoms with Crippen LogP contribution >= 0.6 is 0 Å². The van der Waals surface area contributed by atoms with Gasteiger partial charge in [0.25, 0.3) is 0 Å². The highest BCUT2D eigenvalue weighted by Gasteiger charge is 2.28. The number of carbonyl (C=O) groups is 1. The Bertz CT molecular complexity index is 1100. The quantitative estimate of drug-likeness (QED) is 0.106. The molecule has 0 saturated heterocycles. The van der Waals surface area contributed by atoms with Gasteiger partial charge >= 0.3 is 6.09 Å². The van der Waals surface area contributed by atoms with Gasteiger partial charge < -0.3 is 57.4 Å². The highest BCUT2D eigenvalue weighted by molar-refractivity contribution is 5.79. The fourth-order valence-electron chi connectivity index (χ4n) is 5.01. The van der Waals surface area contributed by atoms with Crippen molar-refractivity contribution < 1.29 is 61.3 Å². The van der Waals surface area contributed by atoms with Crippen LogP contribution in [0, 0.1) is 0 Å². The summed E-state index contributed by atoms with van der Waals surface area (Å²) in [6.07, 6.45) is -0.455. The van der Waals surface area contributed by atoms with E-state index in [0.717, 1.165) is 0 Å². The zero-order valence-corrected chi connectivity index (χ0v) is 29.7. The first-order valence-corrected chi connectivity index (χ1v) is 17.7. The average molecular weight is 726 g/mol. The van der Waals surface area contributed by atoms with Gasteiger partial charge in [0.15, 0.2) is 0 Å². The predicted octanol–water partition coefficient (Wildman–Crippen LogP) is 3.66. The van der Waals surface area contributed by atoms with Crippen molar-refractivity contribution in [3.8, 4) is 11.1 Å². The first kappa shape index (κ1) is 42.7. The summed E-state index contributed by atoms with van der Waals surface area (Å²) in [5.41, 5.74) is 4.76. The molecule has 0 heterocycles. The standard InChI is InChI=1S/C37H56FNO12/c38-9-11-41-13-15-43-17-19-45-21-23-47-25-27-49-29-30-50-28-26-48-24-22-46-20-18-44-16-14-42-12-10-39-37(40)51-31-36-34-7-3-1-5-32(34)33-6-2-4-8-35(33)36/h1-8,36H,9-31H2,(H,39,40). The van der Waals surface area contributed by atoms with E-state index in [2.05, 4.69) is 29.6 Å². The molecule has 0 bridgehead atoms. The molecule has 1 aliphatic carbocycles. The van der Waals surface area contributed by atoms with E-state index in [1.165, 1.54) is 22.3 Å². The van der Waals surface area contributed by atoms with Crippen molar-refractivity contribution in [1.82, 2.24) is 5.32 Å². The number of halogens is 1. The van der Waals surface area contributed by atoms with Gasteiger partial charge in [0, 0.05) is 12.5 Å². The molecule has 1 amide bonds. The van der Waals surface area contributed by atoms with Crippen molar-refractivity contribution in [2.75, 3.05) is 152 Å². The highest BCUT2D eigenvalue weighted by Crippen LogP contribution is 2.44. The third kappa shape index (κ3) is 19.6. The smallest absolute Gasteiger partial charge is 0.407 e. The van der Waals surface area contributed by atoms with Crippen molar-refractivity contribution in [2.45, 2.75) is 5.92 Å². The number of rotatable bonds is 34. The maximum absolute atomic E-state index is 12.2. The molecule has 0 fully saturated rings. The van der Waals surface area contributed by atoms with Gasteiger partial charge in [-0.2, -0.15) is 0 Å². The number of alkyl halides is 1. The molecule has 288 valence electrons. The molecule has 0 aliphatic heterocycles. The summed E-state index contributed by atoms with van der Waals surface area (Å²) < 4.78 is 71.4. The number of fused-ring (bicyclic) bond motifs is 3. The number of benzene rings is 2. The summed E-state index contributed by atoms with van der Waals surface area (Å²) >= 11 is 0. The molecule has 0 radical (unpaired) electrons. The molecular weight excluding hydrogens is 669 g/mol. The van der Waals surface area contributed by atoms with Crippen molar-refractivity contribution >= 4 is 6.09 Å². The third-order valence-electron chi connectivity index (χ3n) is 7.43. The fraction of sp³-hybridized carbons (Fsp3) is 0.649. The van der Waals surface area contributed by atoms with Crippen molar-refractivity contribution in [2.24, 2.45) is 0 Å². The second kappa shape index (κ2) is 29.8. The molecule has 0 aromatic heterocycles. The Morgan fingerprint density at radius 3 is 1.14 bits per heavy atom. The maximum atomic E-state index is 12.2. The van der Waals surface area contributed by atoms with Crippen LogP contribution in [0.5, 0.6) is 0 Å². The Morgan fingerprint density at radius 1 is 0.471 bits per heavy atom. The minimum atomic E-state index is -0.479. The molecule has 0 unspecified atom stereocenters. The highest BCUT2D eigenvalue weighted by atomic mass is 19.1. The lowest BCUT2D eigenvalue weighted by Crippen LogP contribution is -2.29. The molecule has 3 rings (SSSR count). The van der Waals surface area contributed by atoms with E-state index in [-0.39, 0.29) is 19.1 Å². The van der Waals surface area contributed by atoms with E-state index in [1.807, 2.05) is 24.3 Å². The van der Waals surface area contributed by atoms with E-state index in [9.17, 15) is 9.18 Å². The molecule has 0 atom stereocenters. The first-order chi connectivity index (χ1) is 25.3.